The molecule has 0 bridgehead atoms. The van der Waals surface area contributed by atoms with Gasteiger partial charge in [0.05, 0.1) is 5.39 Å². The smallest absolute Gasteiger partial charge is 0.192 e. The molecule has 0 saturated heterocycles. The Morgan fingerprint density at radius 2 is 1.16 bits per heavy atom. The molecular weight excluding hydrogens is 382 g/mol. The summed E-state index contributed by atoms with van der Waals surface area (Å²) in [6, 6.07) is 36.3. The number of nitrogens with zero attached hydrogens (tertiary/aromatic N) is 1. The SMILES string of the molecule is Cc1cc(=O)c2cc(-c3ccc(N(c4ccccc4)c4ccccc4)cc3)ccc2o1. The van der Waals surface area contributed by atoms with E-state index in [-0.39, 0.29) is 5.43 Å². The zero-order valence-electron chi connectivity index (χ0n) is 17.2. The zero-order chi connectivity index (χ0) is 21.2. The van der Waals surface area contributed by atoms with Crippen LogP contribution in [0.3, 0.4) is 0 Å². The van der Waals surface area contributed by atoms with Gasteiger partial charge in [-0.15, -0.1) is 0 Å². The fraction of sp³-hybridized carbons (Fsp3) is 0.0357. The first-order valence-corrected chi connectivity index (χ1v) is 10.2. The molecule has 1 aromatic heterocycles. The molecule has 4 aromatic carbocycles. The van der Waals surface area contributed by atoms with Crippen LogP contribution in [0, 0.1) is 6.92 Å². The molecule has 0 amide bonds. The number of rotatable bonds is 4. The van der Waals surface area contributed by atoms with Gasteiger partial charge in [-0.2, -0.15) is 0 Å². The minimum atomic E-state index is -0.0171. The molecular formula is C28H21NO2. The number of hydrogen-bond donors (Lipinski definition) is 0. The zero-order valence-corrected chi connectivity index (χ0v) is 17.2. The Morgan fingerprint density at radius 3 is 1.77 bits per heavy atom. The van der Waals surface area contributed by atoms with Crippen LogP contribution in [0.5, 0.6) is 0 Å². The number of fused-ring (bicyclic) bond motifs is 1. The number of para-hydroxylation sites is 2. The summed E-state index contributed by atoms with van der Waals surface area (Å²) in [5.74, 6) is 0.622. The van der Waals surface area contributed by atoms with Crippen molar-refractivity contribution in [2.45, 2.75) is 6.92 Å². The Bertz CT molecular complexity index is 1350. The van der Waals surface area contributed by atoms with E-state index in [1.165, 1.54) is 6.07 Å². The molecule has 5 rings (SSSR count). The lowest BCUT2D eigenvalue weighted by molar-refractivity contribution is 0.565. The van der Waals surface area contributed by atoms with Crippen LogP contribution < -0.4 is 10.3 Å². The lowest BCUT2D eigenvalue weighted by Gasteiger charge is -2.25. The molecule has 0 aliphatic rings. The van der Waals surface area contributed by atoms with Crippen molar-refractivity contribution in [3.8, 4) is 11.1 Å². The van der Waals surface area contributed by atoms with E-state index in [2.05, 4.69) is 53.4 Å². The number of benzene rings is 4. The summed E-state index contributed by atoms with van der Waals surface area (Å²) in [5, 5.41) is 0.599. The maximum Gasteiger partial charge on any atom is 0.192 e. The maximum atomic E-state index is 12.4. The van der Waals surface area contributed by atoms with Crippen molar-refractivity contribution in [2.75, 3.05) is 4.90 Å². The third-order valence-electron chi connectivity index (χ3n) is 5.34. The van der Waals surface area contributed by atoms with Gasteiger partial charge < -0.3 is 9.32 Å². The first-order valence-electron chi connectivity index (χ1n) is 10.2. The molecule has 150 valence electrons. The number of anilines is 3. The normalized spacial score (nSPS) is 10.9. The number of hydrogen-bond acceptors (Lipinski definition) is 3. The van der Waals surface area contributed by atoms with Crippen LogP contribution in [0.25, 0.3) is 22.1 Å². The second-order valence-corrected chi connectivity index (χ2v) is 7.49. The predicted octanol–water partition coefficient (Wildman–Crippen LogP) is 7.24. The Labute approximate surface area is 180 Å². The molecule has 0 aliphatic carbocycles. The van der Waals surface area contributed by atoms with E-state index in [9.17, 15) is 4.79 Å². The van der Waals surface area contributed by atoms with Gasteiger partial charge in [-0.25, -0.2) is 0 Å². The highest BCUT2D eigenvalue weighted by atomic mass is 16.3. The van der Waals surface area contributed by atoms with Gasteiger partial charge in [-0.3, -0.25) is 4.79 Å². The molecule has 0 atom stereocenters. The second kappa shape index (κ2) is 7.96. The summed E-state index contributed by atoms with van der Waals surface area (Å²) in [5.41, 5.74) is 5.89. The van der Waals surface area contributed by atoms with E-state index in [0.29, 0.717) is 16.7 Å². The molecule has 0 aliphatic heterocycles. The van der Waals surface area contributed by atoms with E-state index in [4.69, 9.17) is 4.42 Å². The Balaban J connectivity index is 1.55. The van der Waals surface area contributed by atoms with Crippen LogP contribution in [0.4, 0.5) is 17.1 Å². The summed E-state index contributed by atoms with van der Waals surface area (Å²) in [7, 11) is 0. The van der Waals surface area contributed by atoms with Crippen molar-refractivity contribution in [3.05, 3.63) is 125 Å². The van der Waals surface area contributed by atoms with Gasteiger partial charge in [-0.1, -0.05) is 54.6 Å². The second-order valence-electron chi connectivity index (χ2n) is 7.49. The molecule has 0 saturated carbocycles. The molecule has 3 heteroatoms. The average molecular weight is 403 g/mol. The van der Waals surface area contributed by atoms with Crippen LogP contribution in [0.2, 0.25) is 0 Å². The summed E-state index contributed by atoms with van der Waals surface area (Å²) in [4.78, 5) is 14.6. The van der Waals surface area contributed by atoms with Crippen molar-refractivity contribution in [2.24, 2.45) is 0 Å². The summed E-state index contributed by atoms with van der Waals surface area (Å²) >= 11 is 0. The van der Waals surface area contributed by atoms with E-state index < -0.39 is 0 Å². The highest BCUT2D eigenvalue weighted by Crippen LogP contribution is 2.35. The first kappa shape index (κ1) is 18.9. The summed E-state index contributed by atoms with van der Waals surface area (Å²) in [6.45, 7) is 1.79. The lowest BCUT2D eigenvalue weighted by Crippen LogP contribution is -2.09. The Hall–Kier alpha value is -4.11. The highest BCUT2D eigenvalue weighted by molar-refractivity contribution is 5.84. The first-order chi connectivity index (χ1) is 15.2. The van der Waals surface area contributed by atoms with Crippen LogP contribution in [0.1, 0.15) is 5.76 Å². The fourth-order valence-corrected chi connectivity index (χ4v) is 3.86. The van der Waals surface area contributed by atoms with Crippen molar-refractivity contribution < 1.29 is 4.42 Å². The molecule has 5 aromatic rings. The molecule has 0 fully saturated rings. The van der Waals surface area contributed by atoms with Crippen molar-refractivity contribution in [1.29, 1.82) is 0 Å². The van der Waals surface area contributed by atoms with Crippen LogP contribution >= 0.6 is 0 Å². The van der Waals surface area contributed by atoms with Crippen molar-refractivity contribution in [3.63, 3.8) is 0 Å². The Morgan fingerprint density at radius 1 is 0.613 bits per heavy atom. The fourth-order valence-electron chi connectivity index (χ4n) is 3.86. The standard InChI is InChI=1S/C28H21NO2/c1-20-18-27(30)26-19-22(14-17-28(26)31-20)21-12-15-25(16-13-21)29(23-8-4-2-5-9-23)24-10-6-3-7-11-24/h2-19H,1H3. The van der Waals surface area contributed by atoms with E-state index >= 15 is 0 Å². The van der Waals surface area contributed by atoms with E-state index in [1.54, 1.807) is 6.92 Å². The average Bonchev–Trinajstić information content (AvgIpc) is 2.81. The van der Waals surface area contributed by atoms with Gasteiger partial charge in [0, 0.05) is 23.1 Å². The van der Waals surface area contributed by atoms with Gasteiger partial charge in [-0.05, 0) is 66.6 Å². The summed E-state index contributed by atoms with van der Waals surface area (Å²) < 4.78 is 5.68. The van der Waals surface area contributed by atoms with Gasteiger partial charge in [0.15, 0.2) is 5.43 Å². The third-order valence-corrected chi connectivity index (χ3v) is 5.34. The van der Waals surface area contributed by atoms with Crippen LogP contribution in [-0.4, -0.2) is 0 Å². The molecule has 0 spiro atoms. The highest BCUT2D eigenvalue weighted by Gasteiger charge is 2.12. The molecule has 31 heavy (non-hydrogen) atoms. The molecule has 0 N–H and O–H groups in total. The minimum Gasteiger partial charge on any atom is -0.461 e. The lowest BCUT2D eigenvalue weighted by atomic mass is 10.0. The summed E-state index contributed by atoms with van der Waals surface area (Å²) in [6.07, 6.45) is 0. The van der Waals surface area contributed by atoms with Crippen molar-refractivity contribution in [1.82, 2.24) is 0 Å². The van der Waals surface area contributed by atoms with Gasteiger partial charge in [0.25, 0.3) is 0 Å². The molecule has 3 nitrogen and oxygen atoms in total. The topological polar surface area (TPSA) is 33.5 Å². The Kier molecular flexibility index (Phi) is 4.85. The van der Waals surface area contributed by atoms with Crippen LogP contribution in [0.15, 0.2) is 118 Å². The minimum absolute atomic E-state index is 0.0171. The molecule has 1 heterocycles. The largest absolute Gasteiger partial charge is 0.461 e. The van der Waals surface area contributed by atoms with Crippen LogP contribution in [-0.2, 0) is 0 Å². The van der Waals surface area contributed by atoms with Crippen molar-refractivity contribution >= 4 is 28.0 Å². The quantitative estimate of drug-likeness (QED) is 0.317. The van der Waals surface area contributed by atoms with E-state index in [0.717, 1.165) is 28.2 Å². The molecule has 0 radical (unpaired) electrons. The number of aryl methyl sites for hydroxylation is 1. The van der Waals surface area contributed by atoms with Gasteiger partial charge >= 0.3 is 0 Å². The maximum absolute atomic E-state index is 12.4. The van der Waals surface area contributed by atoms with Gasteiger partial charge in [0.1, 0.15) is 11.3 Å². The monoisotopic (exact) mass is 403 g/mol. The molecule has 0 unspecified atom stereocenters. The van der Waals surface area contributed by atoms with Gasteiger partial charge in [0.2, 0.25) is 0 Å². The predicted molar refractivity (Wildman–Crippen MR) is 127 cm³/mol. The van der Waals surface area contributed by atoms with E-state index in [1.807, 2.05) is 54.6 Å². The third kappa shape index (κ3) is 3.74.